The summed E-state index contributed by atoms with van der Waals surface area (Å²) in [6.45, 7) is 9.89. The monoisotopic (exact) mass is 311 g/mol. The van der Waals surface area contributed by atoms with Crippen LogP contribution < -0.4 is 5.32 Å². The van der Waals surface area contributed by atoms with E-state index in [4.69, 9.17) is 5.11 Å². The van der Waals surface area contributed by atoms with Crippen LogP contribution in [0.5, 0.6) is 0 Å². The molecule has 0 aromatic carbocycles. The third-order valence-corrected chi connectivity index (χ3v) is 2.80. The van der Waals surface area contributed by atoms with E-state index in [0.29, 0.717) is 18.4 Å². The third kappa shape index (κ3) is 16.3. The smallest absolute Gasteiger partial charge is 0.331 e. The molecule has 1 rings (SSSR count). The van der Waals surface area contributed by atoms with E-state index in [0.717, 1.165) is 6.42 Å². The van der Waals surface area contributed by atoms with Crippen LogP contribution in [0, 0.1) is 12.8 Å². The fourth-order valence-electron chi connectivity index (χ4n) is 1.80. The molecule has 0 bridgehead atoms. The minimum Gasteiger partial charge on any atom is -0.478 e. The van der Waals surface area contributed by atoms with E-state index in [1.807, 2.05) is 13.8 Å². The van der Waals surface area contributed by atoms with Crippen molar-refractivity contribution in [2.75, 3.05) is 0 Å². The van der Waals surface area contributed by atoms with E-state index < -0.39 is 5.97 Å². The summed E-state index contributed by atoms with van der Waals surface area (Å²) in [6.07, 6.45) is 15.7. The molecule has 0 saturated heterocycles. The molecule has 0 spiro atoms. The molecule has 4 nitrogen and oxygen atoms in total. The molecule has 22 heavy (non-hydrogen) atoms. The van der Waals surface area contributed by atoms with Gasteiger partial charge in [-0.25, -0.2) is 4.79 Å². The summed E-state index contributed by atoms with van der Waals surface area (Å²) >= 11 is 0. The van der Waals surface area contributed by atoms with Crippen molar-refractivity contribution in [2.45, 2.75) is 79.2 Å². The topological polar surface area (TPSA) is 66.4 Å². The van der Waals surface area contributed by atoms with Crippen LogP contribution >= 0.6 is 0 Å². The molecular weight excluding hydrogens is 278 g/mol. The molecule has 0 aromatic heterocycles. The Kier molecular flexibility index (Phi) is 22.0. The molecule has 1 unspecified atom stereocenters. The summed E-state index contributed by atoms with van der Waals surface area (Å²) in [6, 6.07) is 0.112. The summed E-state index contributed by atoms with van der Waals surface area (Å²) in [5.41, 5.74) is 0.460. The largest absolute Gasteiger partial charge is 0.478 e. The van der Waals surface area contributed by atoms with Gasteiger partial charge in [0.1, 0.15) is 0 Å². The molecule has 1 atom stereocenters. The Morgan fingerprint density at radius 2 is 1.77 bits per heavy atom. The second kappa shape index (κ2) is 19.2. The fraction of sp³-hybridized carbons (Fsp3) is 0.667. The molecule has 0 saturated carbocycles. The maximum absolute atomic E-state index is 10.7. The highest BCUT2D eigenvalue weighted by atomic mass is 16.4. The lowest BCUT2D eigenvalue weighted by atomic mass is 9.95. The molecule has 0 radical (unpaired) electrons. The second-order valence-corrected chi connectivity index (χ2v) is 4.56. The molecule has 128 valence electrons. The van der Waals surface area contributed by atoms with E-state index in [9.17, 15) is 9.59 Å². The maximum atomic E-state index is 10.7. The van der Waals surface area contributed by atoms with Crippen molar-refractivity contribution in [3.8, 4) is 12.8 Å². The molecule has 1 aliphatic rings. The quantitative estimate of drug-likeness (QED) is 0.766. The molecular formula is C18H33NO3. The molecule has 0 aliphatic heterocycles. The zero-order valence-corrected chi connectivity index (χ0v) is 14.8. The van der Waals surface area contributed by atoms with Gasteiger partial charge in [-0.2, -0.15) is 0 Å². The van der Waals surface area contributed by atoms with Crippen molar-refractivity contribution in [1.29, 1.82) is 0 Å². The standard InChI is InChI=1S/C9H13NO3.C5H12.C2H6.C2H2/c1-6(11)10-8-4-2-7(3-5-8)9(12)13;1-3-5-4-2;2*1-2/h2,8H,3-5H2,1H3,(H,10,11)(H,12,13);3-5H2,1-2H3;1-2H3;1-2H. The number of carbonyl (C=O) groups excluding carboxylic acids is 1. The summed E-state index contributed by atoms with van der Waals surface area (Å²) in [7, 11) is 0. The highest BCUT2D eigenvalue weighted by Gasteiger charge is 2.18. The first-order valence-corrected chi connectivity index (χ1v) is 8.04. The molecule has 1 amide bonds. The first-order chi connectivity index (χ1) is 10.5. The summed E-state index contributed by atoms with van der Waals surface area (Å²) in [5, 5.41) is 11.4. The Morgan fingerprint density at radius 3 is 2.00 bits per heavy atom. The van der Waals surface area contributed by atoms with Crippen molar-refractivity contribution in [3.63, 3.8) is 0 Å². The number of rotatable bonds is 4. The maximum Gasteiger partial charge on any atom is 0.331 e. The van der Waals surface area contributed by atoms with Crippen molar-refractivity contribution in [2.24, 2.45) is 0 Å². The predicted molar refractivity (Wildman–Crippen MR) is 93.6 cm³/mol. The number of nitrogens with one attached hydrogen (secondary N) is 1. The number of amides is 1. The number of hydrogen-bond acceptors (Lipinski definition) is 2. The predicted octanol–water partition coefficient (Wildman–Crippen LogP) is 4.16. The minimum atomic E-state index is -0.846. The van der Waals surface area contributed by atoms with Gasteiger partial charge in [-0.3, -0.25) is 4.79 Å². The van der Waals surface area contributed by atoms with Crippen LogP contribution in [-0.2, 0) is 9.59 Å². The fourth-order valence-corrected chi connectivity index (χ4v) is 1.80. The highest BCUT2D eigenvalue weighted by Crippen LogP contribution is 2.17. The van der Waals surface area contributed by atoms with Gasteiger partial charge in [0, 0.05) is 18.5 Å². The van der Waals surface area contributed by atoms with Crippen LogP contribution in [0.2, 0.25) is 0 Å². The van der Waals surface area contributed by atoms with Crippen molar-refractivity contribution in [1.82, 2.24) is 5.32 Å². The average Bonchev–Trinajstić information content (AvgIpc) is 2.52. The van der Waals surface area contributed by atoms with Crippen molar-refractivity contribution in [3.05, 3.63) is 11.6 Å². The lowest BCUT2D eigenvalue weighted by molar-refractivity contribution is -0.132. The molecule has 0 fully saturated rings. The lowest BCUT2D eigenvalue weighted by Crippen LogP contribution is -2.34. The Balaban J connectivity index is -0.000000338. The van der Waals surface area contributed by atoms with Gasteiger partial charge >= 0.3 is 5.97 Å². The highest BCUT2D eigenvalue weighted by molar-refractivity contribution is 5.86. The minimum absolute atomic E-state index is 0.0582. The molecule has 2 N–H and O–H groups in total. The number of hydrogen-bond donors (Lipinski definition) is 2. The average molecular weight is 311 g/mol. The van der Waals surface area contributed by atoms with Gasteiger partial charge in [0.25, 0.3) is 0 Å². The van der Waals surface area contributed by atoms with Gasteiger partial charge in [-0.15, -0.1) is 12.8 Å². The van der Waals surface area contributed by atoms with Gasteiger partial charge in [0.2, 0.25) is 5.91 Å². The summed E-state index contributed by atoms with van der Waals surface area (Å²) in [4.78, 5) is 21.2. The Bertz CT molecular complexity index is 330. The lowest BCUT2D eigenvalue weighted by Gasteiger charge is -2.20. The van der Waals surface area contributed by atoms with Gasteiger partial charge < -0.3 is 10.4 Å². The van der Waals surface area contributed by atoms with Crippen molar-refractivity contribution >= 4 is 11.9 Å². The van der Waals surface area contributed by atoms with Crippen LogP contribution in [0.25, 0.3) is 0 Å². The molecule has 0 heterocycles. The van der Waals surface area contributed by atoms with E-state index in [2.05, 4.69) is 32.0 Å². The van der Waals surface area contributed by atoms with E-state index in [1.54, 1.807) is 6.08 Å². The van der Waals surface area contributed by atoms with Gasteiger partial charge in [0.05, 0.1) is 0 Å². The second-order valence-electron chi connectivity index (χ2n) is 4.56. The summed E-state index contributed by atoms with van der Waals surface area (Å²) in [5.74, 6) is -0.904. The van der Waals surface area contributed by atoms with Gasteiger partial charge in [-0.1, -0.05) is 53.0 Å². The van der Waals surface area contributed by atoms with Crippen molar-refractivity contribution < 1.29 is 14.7 Å². The zero-order valence-electron chi connectivity index (χ0n) is 14.8. The zero-order chi connectivity index (χ0) is 18.0. The summed E-state index contributed by atoms with van der Waals surface area (Å²) < 4.78 is 0. The normalized spacial score (nSPS) is 15.2. The van der Waals surface area contributed by atoms with E-state index in [-0.39, 0.29) is 11.9 Å². The Labute approximate surface area is 136 Å². The van der Waals surface area contributed by atoms with Gasteiger partial charge in [0.15, 0.2) is 0 Å². The number of unbranched alkanes of at least 4 members (excludes halogenated alkanes) is 2. The molecule has 0 aromatic rings. The Morgan fingerprint density at radius 1 is 1.27 bits per heavy atom. The number of carbonyl (C=O) groups is 2. The molecule has 1 aliphatic carbocycles. The van der Waals surface area contributed by atoms with Crippen LogP contribution in [0.3, 0.4) is 0 Å². The van der Waals surface area contributed by atoms with E-state index >= 15 is 0 Å². The van der Waals surface area contributed by atoms with Crippen LogP contribution in [0.15, 0.2) is 11.6 Å². The van der Waals surface area contributed by atoms with Crippen LogP contribution in [0.1, 0.15) is 73.1 Å². The number of aliphatic carboxylic acids is 1. The number of carboxylic acids is 1. The van der Waals surface area contributed by atoms with Crippen LogP contribution in [0.4, 0.5) is 0 Å². The first-order valence-electron chi connectivity index (χ1n) is 8.04. The third-order valence-electron chi connectivity index (χ3n) is 2.80. The Hall–Kier alpha value is -1.76. The SMILES string of the molecule is C#C.CC.CC(=O)NC1CC=C(C(=O)O)CC1.CCCCC. The van der Waals surface area contributed by atoms with Crippen LogP contribution in [-0.4, -0.2) is 23.0 Å². The first kappa shape index (κ1) is 25.2. The number of carboxylic acid groups (broad SMARTS) is 1. The van der Waals surface area contributed by atoms with Gasteiger partial charge in [-0.05, 0) is 19.3 Å². The number of terminal acetylenes is 1. The molecule has 4 heteroatoms. The van der Waals surface area contributed by atoms with E-state index in [1.165, 1.54) is 26.2 Å².